The van der Waals surface area contributed by atoms with Crippen LogP contribution in [0.3, 0.4) is 0 Å². The van der Waals surface area contributed by atoms with Crippen molar-refractivity contribution < 1.29 is 4.79 Å². The minimum atomic E-state index is 0.375. The summed E-state index contributed by atoms with van der Waals surface area (Å²) in [7, 11) is 0. The van der Waals surface area contributed by atoms with Crippen LogP contribution in [0.2, 0.25) is 0 Å². The lowest BCUT2D eigenvalue weighted by Gasteiger charge is -2.13. The molecule has 0 aromatic carbocycles. The van der Waals surface area contributed by atoms with Gasteiger partial charge in [0.2, 0.25) is 5.91 Å². The third-order valence-electron chi connectivity index (χ3n) is 5.44. The highest BCUT2D eigenvalue weighted by atomic mass is 16.2. The molecule has 4 aliphatic rings. The molecule has 0 spiro atoms. The second-order valence-electron chi connectivity index (χ2n) is 6.21. The van der Waals surface area contributed by atoms with Crippen molar-refractivity contribution in [3.8, 4) is 0 Å². The van der Waals surface area contributed by atoms with Crippen LogP contribution in [0, 0.1) is 29.6 Å². The van der Waals surface area contributed by atoms with Crippen molar-refractivity contribution in [1.82, 2.24) is 10.6 Å². The zero-order chi connectivity index (χ0) is 10.7. The van der Waals surface area contributed by atoms with Crippen LogP contribution in [-0.4, -0.2) is 25.0 Å². The topological polar surface area (TPSA) is 41.1 Å². The molecule has 3 aliphatic carbocycles. The molecule has 4 unspecified atom stereocenters. The summed E-state index contributed by atoms with van der Waals surface area (Å²) >= 11 is 0. The average molecular weight is 220 g/mol. The van der Waals surface area contributed by atoms with E-state index < -0.39 is 0 Å². The molecule has 1 aliphatic heterocycles. The molecule has 4 rings (SSSR count). The Morgan fingerprint density at radius 3 is 2.50 bits per heavy atom. The number of nitrogens with one attached hydrogen (secondary N) is 2. The van der Waals surface area contributed by atoms with Crippen molar-refractivity contribution in [2.24, 2.45) is 29.6 Å². The van der Waals surface area contributed by atoms with Crippen molar-refractivity contribution in [2.75, 3.05) is 13.1 Å². The van der Waals surface area contributed by atoms with Crippen molar-refractivity contribution >= 4 is 5.91 Å². The van der Waals surface area contributed by atoms with Crippen LogP contribution in [-0.2, 0) is 4.79 Å². The van der Waals surface area contributed by atoms with E-state index in [1.54, 1.807) is 0 Å². The molecule has 4 fully saturated rings. The van der Waals surface area contributed by atoms with Gasteiger partial charge in [-0.3, -0.25) is 4.79 Å². The monoisotopic (exact) mass is 220 g/mol. The summed E-state index contributed by atoms with van der Waals surface area (Å²) in [6, 6.07) is 0.409. The first-order valence-electron chi connectivity index (χ1n) is 6.85. The van der Waals surface area contributed by atoms with Gasteiger partial charge in [-0.2, -0.15) is 0 Å². The summed E-state index contributed by atoms with van der Waals surface area (Å²) in [6.45, 7) is 2.04. The summed E-state index contributed by atoms with van der Waals surface area (Å²) < 4.78 is 0. The van der Waals surface area contributed by atoms with Gasteiger partial charge in [-0.05, 0) is 55.9 Å². The quantitative estimate of drug-likeness (QED) is 0.721. The Labute approximate surface area is 96.4 Å². The molecule has 2 N–H and O–H groups in total. The van der Waals surface area contributed by atoms with Crippen LogP contribution in [0.1, 0.15) is 25.7 Å². The summed E-state index contributed by atoms with van der Waals surface area (Å²) in [5.74, 6) is 4.17. The van der Waals surface area contributed by atoms with Crippen molar-refractivity contribution in [1.29, 1.82) is 0 Å². The highest BCUT2D eigenvalue weighted by molar-refractivity contribution is 5.83. The Hall–Kier alpha value is -0.570. The third kappa shape index (κ3) is 1.21. The Morgan fingerprint density at radius 1 is 1.12 bits per heavy atom. The van der Waals surface area contributed by atoms with Gasteiger partial charge in [0.05, 0.1) is 0 Å². The van der Waals surface area contributed by atoms with E-state index in [2.05, 4.69) is 10.6 Å². The number of rotatable bonds is 2. The summed E-state index contributed by atoms with van der Waals surface area (Å²) in [4.78, 5) is 12.2. The molecule has 5 atom stereocenters. The Kier molecular flexibility index (Phi) is 1.90. The number of hydrogen-bond acceptors (Lipinski definition) is 2. The molecule has 2 bridgehead atoms. The molecule has 3 saturated carbocycles. The minimum absolute atomic E-state index is 0.375. The van der Waals surface area contributed by atoms with Gasteiger partial charge in [0, 0.05) is 18.5 Å². The minimum Gasteiger partial charge on any atom is -0.352 e. The number of amides is 1. The molecule has 3 heteroatoms. The Morgan fingerprint density at radius 2 is 1.88 bits per heavy atom. The van der Waals surface area contributed by atoms with E-state index >= 15 is 0 Å². The van der Waals surface area contributed by atoms with Gasteiger partial charge in [-0.25, -0.2) is 0 Å². The molecule has 1 saturated heterocycles. The average Bonchev–Trinajstić information content (AvgIpc) is 2.73. The van der Waals surface area contributed by atoms with Crippen LogP contribution in [0.25, 0.3) is 0 Å². The molecular weight excluding hydrogens is 200 g/mol. The number of carbonyl (C=O) groups excluding carboxylic acids is 1. The van der Waals surface area contributed by atoms with Gasteiger partial charge >= 0.3 is 0 Å². The Balaban J connectivity index is 1.39. The molecule has 1 amide bonds. The van der Waals surface area contributed by atoms with E-state index in [-0.39, 0.29) is 0 Å². The smallest absolute Gasteiger partial charge is 0.223 e. The van der Waals surface area contributed by atoms with Gasteiger partial charge < -0.3 is 10.6 Å². The van der Waals surface area contributed by atoms with E-state index in [0.29, 0.717) is 17.9 Å². The van der Waals surface area contributed by atoms with E-state index in [1.807, 2.05) is 0 Å². The maximum atomic E-state index is 12.2. The van der Waals surface area contributed by atoms with E-state index in [0.717, 1.165) is 43.2 Å². The third-order valence-corrected chi connectivity index (χ3v) is 5.44. The van der Waals surface area contributed by atoms with E-state index in [1.165, 1.54) is 19.3 Å². The lowest BCUT2D eigenvalue weighted by atomic mass is 10.0. The molecular formula is C13H20N2O. The van der Waals surface area contributed by atoms with Crippen molar-refractivity contribution in [3.63, 3.8) is 0 Å². The summed E-state index contributed by atoms with van der Waals surface area (Å²) in [6.07, 6.45) is 5.35. The lowest BCUT2D eigenvalue weighted by molar-refractivity contribution is -0.123. The molecule has 0 aromatic rings. The fourth-order valence-electron chi connectivity index (χ4n) is 4.75. The van der Waals surface area contributed by atoms with E-state index in [4.69, 9.17) is 0 Å². The van der Waals surface area contributed by atoms with Gasteiger partial charge in [-0.15, -0.1) is 0 Å². The van der Waals surface area contributed by atoms with Crippen LogP contribution in [0.5, 0.6) is 0 Å². The summed E-state index contributed by atoms with van der Waals surface area (Å²) in [5.41, 5.74) is 0. The highest BCUT2D eigenvalue weighted by Crippen LogP contribution is 2.69. The standard InChI is InChI=1S/C13H20N2O/c16-13(15-9-3-4-14-6-9)12-10-7-1-2-8(5-7)11(10)12/h7-12,14H,1-6H2,(H,15,16)/t7?,8?,9-,10?,11?,12?/m0/s1. The van der Waals surface area contributed by atoms with Gasteiger partial charge in [-0.1, -0.05) is 0 Å². The van der Waals surface area contributed by atoms with E-state index in [9.17, 15) is 4.79 Å². The second kappa shape index (κ2) is 3.22. The second-order valence-corrected chi connectivity index (χ2v) is 6.21. The van der Waals surface area contributed by atoms with Crippen LogP contribution in [0.4, 0.5) is 0 Å². The zero-order valence-electron chi connectivity index (χ0n) is 9.61. The maximum Gasteiger partial charge on any atom is 0.223 e. The first-order chi connectivity index (χ1) is 7.84. The van der Waals surface area contributed by atoms with Crippen LogP contribution < -0.4 is 10.6 Å². The number of hydrogen-bond donors (Lipinski definition) is 2. The van der Waals surface area contributed by atoms with Gasteiger partial charge in [0.25, 0.3) is 0 Å². The number of carbonyl (C=O) groups is 1. The van der Waals surface area contributed by atoms with Gasteiger partial charge in [0.15, 0.2) is 0 Å². The molecule has 16 heavy (non-hydrogen) atoms. The predicted molar refractivity (Wildman–Crippen MR) is 60.7 cm³/mol. The first kappa shape index (κ1) is 9.46. The summed E-state index contributed by atoms with van der Waals surface area (Å²) in [5, 5.41) is 6.54. The maximum absolute atomic E-state index is 12.2. The fourth-order valence-corrected chi connectivity index (χ4v) is 4.75. The fraction of sp³-hybridized carbons (Fsp3) is 0.923. The van der Waals surface area contributed by atoms with Gasteiger partial charge in [0.1, 0.15) is 0 Å². The lowest BCUT2D eigenvalue weighted by Crippen LogP contribution is -2.38. The number of fused-ring (bicyclic) bond motifs is 5. The highest BCUT2D eigenvalue weighted by Gasteiger charge is 2.67. The molecule has 0 aromatic heterocycles. The van der Waals surface area contributed by atoms with Crippen LogP contribution in [0.15, 0.2) is 0 Å². The SMILES string of the molecule is O=C(N[C@H]1CCNC1)C1C2C3CCC(C3)C12. The molecule has 88 valence electrons. The zero-order valence-corrected chi connectivity index (χ0v) is 9.61. The molecule has 1 heterocycles. The van der Waals surface area contributed by atoms with Crippen molar-refractivity contribution in [2.45, 2.75) is 31.7 Å². The first-order valence-corrected chi connectivity index (χ1v) is 6.85. The molecule has 0 radical (unpaired) electrons. The van der Waals surface area contributed by atoms with Crippen molar-refractivity contribution in [3.05, 3.63) is 0 Å². The Bertz CT molecular complexity index is 308. The normalized spacial score (nSPS) is 52.8. The largest absolute Gasteiger partial charge is 0.352 e. The predicted octanol–water partition coefficient (Wildman–Crippen LogP) is 0.757. The molecule has 3 nitrogen and oxygen atoms in total. The van der Waals surface area contributed by atoms with Crippen LogP contribution >= 0.6 is 0 Å².